The molecule has 1 aromatic carbocycles. The quantitative estimate of drug-likeness (QED) is 0.772. The van der Waals surface area contributed by atoms with Crippen LogP contribution in [0.2, 0.25) is 0 Å². The Morgan fingerprint density at radius 3 is 2.85 bits per heavy atom. The first-order chi connectivity index (χ1) is 9.32. The maximum absolute atomic E-state index is 13.3. The van der Waals surface area contributed by atoms with Crippen molar-refractivity contribution in [2.75, 3.05) is 18.4 Å². The molecular weight excluding hydrogens is 325 g/mol. The van der Waals surface area contributed by atoms with Crippen LogP contribution in [-0.2, 0) is 4.74 Å². The van der Waals surface area contributed by atoms with Gasteiger partial charge in [-0.15, -0.1) is 0 Å². The maximum Gasteiger partial charge on any atom is 0.254 e. The average Bonchev–Trinajstić information content (AvgIpc) is 2.39. The van der Waals surface area contributed by atoms with Crippen molar-refractivity contribution in [2.24, 2.45) is 0 Å². The highest BCUT2D eigenvalue weighted by molar-refractivity contribution is 9.09. The summed E-state index contributed by atoms with van der Waals surface area (Å²) in [5, 5.41) is 0.683. The molecule has 0 saturated carbocycles. The number of carbonyl (C=O) groups is 1. The number of rotatable bonds is 2. The number of hydrogen-bond acceptors (Lipinski definition) is 2. The van der Waals surface area contributed by atoms with E-state index in [1.54, 1.807) is 17.9 Å². The van der Waals surface area contributed by atoms with Gasteiger partial charge < -0.3 is 9.64 Å². The Morgan fingerprint density at radius 2 is 2.25 bits per heavy atom. The molecule has 0 radical (unpaired) electrons. The number of ether oxygens (including phenoxy) is 1. The van der Waals surface area contributed by atoms with Crippen molar-refractivity contribution < 1.29 is 13.9 Å². The Balaban J connectivity index is 2.21. The summed E-state index contributed by atoms with van der Waals surface area (Å²) in [5.74, 6) is -0.363. The number of benzene rings is 1. The molecule has 1 aliphatic rings. The predicted octanol–water partition coefficient (Wildman–Crippen LogP) is 3.15. The van der Waals surface area contributed by atoms with Gasteiger partial charge in [0.25, 0.3) is 5.91 Å². The first kappa shape index (κ1) is 15.4. The number of morpholine rings is 1. The van der Waals surface area contributed by atoms with Crippen molar-refractivity contribution in [1.82, 2.24) is 4.90 Å². The number of amides is 1. The zero-order valence-electron chi connectivity index (χ0n) is 12.0. The Bertz CT molecular complexity index is 519. The molecule has 1 aliphatic heterocycles. The van der Waals surface area contributed by atoms with Gasteiger partial charge in [-0.2, -0.15) is 0 Å². The third-order valence-electron chi connectivity index (χ3n) is 3.35. The van der Waals surface area contributed by atoms with Crippen LogP contribution in [0.3, 0.4) is 0 Å². The van der Waals surface area contributed by atoms with Crippen LogP contribution < -0.4 is 0 Å². The van der Waals surface area contributed by atoms with Crippen LogP contribution in [0.15, 0.2) is 18.2 Å². The normalized spacial score (nSPS) is 21.9. The lowest BCUT2D eigenvalue weighted by Crippen LogP contribution is -2.55. The largest absolute Gasteiger partial charge is 0.368 e. The lowest BCUT2D eigenvalue weighted by molar-refractivity contribution is -0.116. The second-order valence-corrected chi connectivity index (χ2v) is 6.45. The highest BCUT2D eigenvalue weighted by Crippen LogP contribution is 2.24. The van der Waals surface area contributed by atoms with Crippen molar-refractivity contribution >= 4 is 21.8 Å². The van der Waals surface area contributed by atoms with E-state index >= 15 is 0 Å². The molecule has 1 atom stereocenters. The van der Waals surface area contributed by atoms with Gasteiger partial charge in [0, 0.05) is 24.0 Å². The lowest BCUT2D eigenvalue weighted by atomic mass is 10.0. The third-order valence-corrected chi connectivity index (χ3v) is 4.07. The molecule has 0 aliphatic carbocycles. The fourth-order valence-electron chi connectivity index (χ4n) is 2.49. The molecule has 5 heteroatoms. The number of aryl methyl sites for hydroxylation is 1. The van der Waals surface area contributed by atoms with E-state index in [0.717, 1.165) is 0 Å². The molecule has 20 heavy (non-hydrogen) atoms. The smallest absolute Gasteiger partial charge is 0.254 e. The molecule has 1 aromatic rings. The first-order valence-corrected chi connectivity index (χ1v) is 7.74. The van der Waals surface area contributed by atoms with Crippen LogP contribution in [0.25, 0.3) is 0 Å². The van der Waals surface area contributed by atoms with Crippen molar-refractivity contribution in [3.8, 4) is 0 Å². The van der Waals surface area contributed by atoms with Crippen LogP contribution in [0.4, 0.5) is 4.39 Å². The summed E-state index contributed by atoms with van der Waals surface area (Å²) < 4.78 is 19.2. The van der Waals surface area contributed by atoms with E-state index in [2.05, 4.69) is 15.9 Å². The highest BCUT2D eigenvalue weighted by atomic mass is 79.9. The van der Waals surface area contributed by atoms with Crippen molar-refractivity contribution in [1.29, 1.82) is 0 Å². The molecule has 0 bridgehead atoms. The van der Waals surface area contributed by atoms with Gasteiger partial charge in [0.15, 0.2) is 0 Å². The molecule has 2 rings (SSSR count). The van der Waals surface area contributed by atoms with E-state index < -0.39 is 0 Å². The second kappa shape index (κ2) is 5.82. The zero-order valence-corrected chi connectivity index (χ0v) is 13.5. The number of nitrogens with zero attached hydrogens (tertiary/aromatic N) is 1. The van der Waals surface area contributed by atoms with Crippen LogP contribution in [0.5, 0.6) is 0 Å². The van der Waals surface area contributed by atoms with Gasteiger partial charge in [0.05, 0.1) is 11.7 Å². The predicted molar refractivity (Wildman–Crippen MR) is 79.8 cm³/mol. The Hall–Kier alpha value is -0.940. The van der Waals surface area contributed by atoms with Crippen molar-refractivity contribution in [3.05, 3.63) is 35.1 Å². The topological polar surface area (TPSA) is 29.5 Å². The van der Waals surface area contributed by atoms with E-state index in [9.17, 15) is 9.18 Å². The van der Waals surface area contributed by atoms with Gasteiger partial charge in [-0.3, -0.25) is 4.79 Å². The van der Waals surface area contributed by atoms with Crippen LogP contribution in [0.1, 0.15) is 29.8 Å². The fourth-order valence-corrected chi connectivity index (χ4v) is 2.83. The monoisotopic (exact) mass is 343 g/mol. The molecule has 0 N–H and O–H groups in total. The van der Waals surface area contributed by atoms with Crippen LogP contribution in [-0.4, -0.2) is 40.9 Å². The Morgan fingerprint density at radius 1 is 1.55 bits per heavy atom. The van der Waals surface area contributed by atoms with Crippen LogP contribution in [0, 0.1) is 12.7 Å². The van der Waals surface area contributed by atoms with Crippen molar-refractivity contribution in [3.63, 3.8) is 0 Å². The summed E-state index contributed by atoms with van der Waals surface area (Å²) in [6.45, 7) is 6.68. The number of carbonyl (C=O) groups excluding carboxylic acids is 1. The minimum absolute atomic E-state index is 0.0238. The third kappa shape index (κ3) is 3.38. The van der Waals surface area contributed by atoms with E-state index in [-0.39, 0.29) is 23.4 Å². The van der Waals surface area contributed by atoms with E-state index in [1.807, 2.05) is 13.8 Å². The standard InChI is InChI=1S/C15H19BrFNO2/c1-10-6-11(4-5-13(10)17)14(19)18-8-12(7-16)20-15(2,3)9-18/h4-6,12H,7-9H2,1-3H3. The fraction of sp³-hybridized carbons (Fsp3) is 0.533. The maximum atomic E-state index is 13.3. The molecule has 1 heterocycles. The van der Waals surface area contributed by atoms with Gasteiger partial charge in [0.2, 0.25) is 0 Å². The Kier molecular flexibility index (Phi) is 4.49. The summed E-state index contributed by atoms with van der Waals surface area (Å²) in [4.78, 5) is 14.3. The summed E-state index contributed by atoms with van der Waals surface area (Å²) >= 11 is 3.40. The molecule has 1 saturated heterocycles. The van der Waals surface area contributed by atoms with Crippen LogP contribution >= 0.6 is 15.9 Å². The van der Waals surface area contributed by atoms with Crippen molar-refractivity contribution in [2.45, 2.75) is 32.5 Å². The summed E-state index contributed by atoms with van der Waals surface area (Å²) in [6, 6.07) is 4.48. The van der Waals surface area contributed by atoms with E-state index in [4.69, 9.17) is 4.74 Å². The molecule has 110 valence electrons. The van der Waals surface area contributed by atoms with Gasteiger partial charge in [-0.1, -0.05) is 15.9 Å². The van der Waals surface area contributed by atoms with Gasteiger partial charge in [-0.05, 0) is 44.5 Å². The molecule has 0 spiro atoms. The summed E-state index contributed by atoms with van der Waals surface area (Å²) in [6.07, 6.45) is -0.0238. The first-order valence-electron chi connectivity index (χ1n) is 6.61. The Labute approximate surface area is 127 Å². The number of alkyl halides is 1. The molecule has 3 nitrogen and oxygen atoms in total. The summed E-state index contributed by atoms with van der Waals surface area (Å²) in [5.41, 5.74) is 0.636. The molecule has 1 fully saturated rings. The molecular formula is C15H19BrFNO2. The highest BCUT2D eigenvalue weighted by Gasteiger charge is 2.35. The number of hydrogen-bond donors (Lipinski definition) is 0. The van der Waals surface area contributed by atoms with E-state index in [0.29, 0.717) is 29.5 Å². The molecule has 1 unspecified atom stereocenters. The second-order valence-electron chi connectivity index (χ2n) is 5.80. The molecule has 1 amide bonds. The van der Waals surface area contributed by atoms with Gasteiger partial charge >= 0.3 is 0 Å². The van der Waals surface area contributed by atoms with Gasteiger partial charge in [0.1, 0.15) is 5.82 Å². The number of halogens is 2. The SMILES string of the molecule is Cc1cc(C(=O)N2CC(CBr)OC(C)(C)C2)ccc1F. The molecule has 0 aromatic heterocycles. The van der Waals surface area contributed by atoms with E-state index in [1.165, 1.54) is 12.1 Å². The van der Waals surface area contributed by atoms with Gasteiger partial charge in [-0.25, -0.2) is 4.39 Å². The lowest BCUT2D eigenvalue weighted by Gasteiger charge is -2.42. The minimum Gasteiger partial charge on any atom is -0.368 e. The average molecular weight is 344 g/mol. The minimum atomic E-state index is -0.374. The zero-order chi connectivity index (χ0) is 14.9. The summed E-state index contributed by atoms with van der Waals surface area (Å²) in [7, 11) is 0.